The van der Waals surface area contributed by atoms with E-state index in [2.05, 4.69) is 34.6 Å². The molecule has 102 valence electrons. The van der Waals surface area contributed by atoms with E-state index in [1.807, 2.05) is 14.1 Å². The summed E-state index contributed by atoms with van der Waals surface area (Å²) in [7, 11) is 3.86. The molecule has 0 bridgehead atoms. The lowest BCUT2D eigenvalue weighted by Crippen LogP contribution is -2.36. The second-order valence-electron chi connectivity index (χ2n) is 6.38. The van der Waals surface area contributed by atoms with E-state index in [0.29, 0.717) is 11.3 Å². The molecule has 5 nitrogen and oxygen atoms in total. The molecule has 2 unspecified atom stereocenters. The third-order valence-electron chi connectivity index (χ3n) is 4.13. The van der Waals surface area contributed by atoms with Crippen LogP contribution >= 0.6 is 0 Å². The van der Waals surface area contributed by atoms with E-state index in [4.69, 9.17) is 0 Å². The van der Waals surface area contributed by atoms with Gasteiger partial charge in [0.05, 0.1) is 7.05 Å². The van der Waals surface area contributed by atoms with Crippen molar-refractivity contribution in [1.29, 1.82) is 0 Å². The van der Waals surface area contributed by atoms with Crippen LogP contribution in [0.5, 0.6) is 0 Å². The first-order valence-electron chi connectivity index (χ1n) is 6.87. The Labute approximate surface area is 109 Å². The zero-order chi connectivity index (χ0) is 13.2. The lowest BCUT2D eigenvalue weighted by Gasteiger charge is -2.40. The molecule has 2 atom stereocenters. The minimum atomic E-state index is 0.455. The van der Waals surface area contributed by atoms with Crippen LogP contribution in [0.3, 0.4) is 0 Å². The lowest BCUT2D eigenvalue weighted by molar-refractivity contribution is 0.116. The number of aromatic nitrogens is 4. The Morgan fingerprint density at radius 3 is 2.78 bits per heavy atom. The van der Waals surface area contributed by atoms with Gasteiger partial charge in [-0.05, 0) is 55.3 Å². The fourth-order valence-corrected chi connectivity index (χ4v) is 3.20. The van der Waals surface area contributed by atoms with Crippen molar-refractivity contribution >= 4 is 0 Å². The predicted octanol–water partition coefficient (Wildman–Crippen LogP) is 1.41. The Morgan fingerprint density at radius 2 is 2.17 bits per heavy atom. The van der Waals surface area contributed by atoms with Crippen LogP contribution in [0.1, 0.15) is 38.9 Å². The number of nitrogens with one attached hydrogen (secondary N) is 1. The molecule has 1 fully saturated rings. The molecule has 1 aromatic rings. The van der Waals surface area contributed by atoms with Gasteiger partial charge in [-0.15, -0.1) is 10.2 Å². The summed E-state index contributed by atoms with van der Waals surface area (Å²) < 4.78 is 0. The number of aryl methyl sites for hydroxylation is 1. The van der Waals surface area contributed by atoms with Gasteiger partial charge in [-0.3, -0.25) is 0 Å². The molecule has 18 heavy (non-hydrogen) atoms. The fourth-order valence-electron chi connectivity index (χ4n) is 3.20. The van der Waals surface area contributed by atoms with Gasteiger partial charge in [0.25, 0.3) is 0 Å². The van der Waals surface area contributed by atoms with Gasteiger partial charge in [0, 0.05) is 6.42 Å². The minimum absolute atomic E-state index is 0.455. The lowest BCUT2D eigenvalue weighted by atomic mass is 9.66. The number of rotatable bonds is 4. The second-order valence-corrected chi connectivity index (χ2v) is 6.38. The summed E-state index contributed by atoms with van der Waals surface area (Å²) in [5.41, 5.74) is 0.455. The van der Waals surface area contributed by atoms with Crippen molar-refractivity contribution in [2.75, 3.05) is 13.6 Å². The zero-order valence-corrected chi connectivity index (χ0v) is 12.0. The number of nitrogens with zero attached hydrogens (tertiary/aromatic N) is 4. The summed E-state index contributed by atoms with van der Waals surface area (Å²) in [5, 5.41) is 15.7. The number of hydrogen-bond donors (Lipinski definition) is 1. The first kappa shape index (κ1) is 13.5. The first-order chi connectivity index (χ1) is 8.50. The molecular formula is C13H25N5. The van der Waals surface area contributed by atoms with Gasteiger partial charge in [0.2, 0.25) is 0 Å². The van der Waals surface area contributed by atoms with Crippen molar-refractivity contribution < 1.29 is 0 Å². The molecule has 2 rings (SSSR count). The Kier molecular flexibility index (Phi) is 4.00. The van der Waals surface area contributed by atoms with Crippen molar-refractivity contribution in [3.05, 3.63) is 5.82 Å². The van der Waals surface area contributed by atoms with Crippen LogP contribution in [0.15, 0.2) is 0 Å². The Hall–Kier alpha value is -0.970. The van der Waals surface area contributed by atoms with E-state index in [1.165, 1.54) is 19.3 Å². The Balaban J connectivity index is 2.05. The van der Waals surface area contributed by atoms with Crippen LogP contribution in [-0.4, -0.2) is 33.8 Å². The molecule has 1 heterocycles. The van der Waals surface area contributed by atoms with E-state index in [0.717, 1.165) is 24.7 Å². The molecule has 1 N–H and O–H groups in total. The third-order valence-corrected chi connectivity index (χ3v) is 4.13. The van der Waals surface area contributed by atoms with E-state index < -0.39 is 0 Å². The van der Waals surface area contributed by atoms with Crippen LogP contribution in [-0.2, 0) is 13.5 Å². The van der Waals surface area contributed by atoms with Gasteiger partial charge in [-0.2, -0.15) is 4.80 Å². The van der Waals surface area contributed by atoms with E-state index in [9.17, 15) is 0 Å². The highest BCUT2D eigenvalue weighted by Gasteiger charge is 2.35. The van der Waals surface area contributed by atoms with Crippen LogP contribution < -0.4 is 5.32 Å². The van der Waals surface area contributed by atoms with Gasteiger partial charge in [-0.1, -0.05) is 13.8 Å². The van der Waals surface area contributed by atoms with Crippen molar-refractivity contribution in [3.8, 4) is 0 Å². The Bertz CT molecular complexity index is 384. The van der Waals surface area contributed by atoms with Crippen LogP contribution in [0, 0.1) is 17.3 Å². The minimum Gasteiger partial charge on any atom is -0.319 e. The van der Waals surface area contributed by atoms with E-state index in [1.54, 1.807) is 4.80 Å². The SMILES string of the molecule is CNCC1CCC(C)(C)CC1Cc1nnn(C)n1. The number of hydrogen-bond acceptors (Lipinski definition) is 4. The van der Waals surface area contributed by atoms with Gasteiger partial charge in [0.1, 0.15) is 0 Å². The normalized spacial score (nSPS) is 27.3. The molecule has 0 radical (unpaired) electrons. The standard InChI is InChI=1S/C13H25N5/c1-13(2)6-5-10(9-14-3)11(8-13)7-12-15-17-18(4)16-12/h10-11,14H,5-9H2,1-4H3. The monoisotopic (exact) mass is 251 g/mol. The van der Waals surface area contributed by atoms with E-state index in [-0.39, 0.29) is 0 Å². The molecule has 1 aliphatic rings. The quantitative estimate of drug-likeness (QED) is 0.879. The topological polar surface area (TPSA) is 55.6 Å². The van der Waals surface area contributed by atoms with Crippen molar-refractivity contribution in [3.63, 3.8) is 0 Å². The largest absolute Gasteiger partial charge is 0.319 e. The van der Waals surface area contributed by atoms with Crippen molar-refractivity contribution in [2.45, 2.75) is 39.5 Å². The van der Waals surface area contributed by atoms with Gasteiger partial charge in [0.15, 0.2) is 5.82 Å². The highest BCUT2D eigenvalue weighted by Crippen LogP contribution is 2.42. The maximum atomic E-state index is 4.32. The average molecular weight is 251 g/mol. The molecule has 0 amide bonds. The summed E-state index contributed by atoms with van der Waals surface area (Å²) in [6.07, 6.45) is 4.85. The summed E-state index contributed by atoms with van der Waals surface area (Å²) in [5.74, 6) is 2.30. The average Bonchev–Trinajstić information content (AvgIpc) is 2.68. The fraction of sp³-hybridized carbons (Fsp3) is 0.923. The number of tetrazole rings is 1. The van der Waals surface area contributed by atoms with Crippen molar-refractivity contribution in [2.24, 2.45) is 24.3 Å². The smallest absolute Gasteiger partial charge is 0.175 e. The molecule has 1 saturated carbocycles. The zero-order valence-electron chi connectivity index (χ0n) is 12.0. The maximum absolute atomic E-state index is 4.32. The first-order valence-corrected chi connectivity index (χ1v) is 6.87. The molecule has 5 heteroatoms. The third kappa shape index (κ3) is 3.28. The molecule has 0 spiro atoms. The molecule has 0 aromatic carbocycles. The summed E-state index contributed by atoms with van der Waals surface area (Å²) in [6.45, 7) is 5.85. The van der Waals surface area contributed by atoms with Crippen LogP contribution in [0.2, 0.25) is 0 Å². The molecular weight excluding hydrogens is 226 g/mol. The van der Waals surface area contributed by atoms with Gasteiger partial charge < -0.3 is 5.32 Å². The summed E-state index contributed by atoms with van der Waals surface area (Å²) >= 11 is 0. The van der Waals surface area contributed by atoms with Crippen molar-refractivity contribution in [1.82, 2.24) is 25.5 Å². The van der Waals surface area contributed by atoms with Crippen LogP contribution in [0.4, 0.5) is 0 Å². The Morgan fingerprint density at radius 1 is 1.39 bits per heavy atom. The van der Waals surface area contributed by atoms with Crippen LogP contribution in [0.25, 0.3) is 0 Å². The predicted molar refractivity (Wildman–Crippen MR) is 71.0 cm³/mol. The molecule has 0 aliphatic heterocycles. The molecule has 1 aromatic heterocycles. The highest BCUT2D eigenvalue weighted by atomic mass is 15.6. The summed E-state index contributed by atoms with van der Waals surface area (Å²) in [6, 6.07) is 0. The summed E-state index contributed by atoms with van der Waals surface area (Å²) in [4.78, 5) is 1.55. The second kappa shape index (κ2) is 5.34. The highest BCUT2D eigenvalue weighted by molar-refractivity contribution is 4.91. The van der Waals surface area contributed by atoms with Gasteiger partial charge >= 0.3 is 0 Å². The molecule has 1 aliphatic carbocycles. The van der Waals surface area contributed by atoms with E-state index >= 15 is 0 Å². The van der Waals surface area contributed by atoms with Gasteiger partial charge in [-0.25, -0.2) is 0 Å². The maximum Gasteiger partial charge on any atom is 0.175 e. The molecule has 0 saturated heterocycles.